The third-order valence-electron chi connectivity index (χ3n) is 3.71. The van der Waals surface area contributed by atoms with Gasteiger partial charge in [-0.05, 0) is 42.8 Å². The van der Waals surface area contributed by atoms with E-state index in [9.17, 15) is 0 Å². The first-order valence-corrected chi connectivity index (χ1v) is 8.57. The van der Waals surface area contributed by atoms with E-state index in [4.69, 9.17) is 5.73 Å². The topological polar surface area (TPSA) is 70.3 Å². The summed E-state index contributed by atoms with van der Waals surface area (Å²) in [4.78, 5) is 0. The van der Waals surface area contributed by atoms with Crippen molar-refractivity contribution in [1.29, 1.82) is 0 Å². The fourth-order valence-electron chi connectivity index (χ4n) is 2.29. The molecule has 1 aromatic rings. The van der Waals surface area contributed by atoms with Crippen LogP contribution < -0.4 is 21.4 Å². The number of nitrogens with one attached hydrogen (secondary N) is 1. The van der Waals surface area contributed by atoms with E-state index in [1.165, 1.54) is 0 Å². The van der Waals surface area contributed by atoms with Gasteiger partial charge < -0.3 is 16.4 Å². The lowest BCUT2D eigenvalue weighted by molar-refractivity contribution is -0.556. The second kappa shape index (κ2) is 10.3. The number of hydrogen-bond acceptors (Lipinski definition) is 4. The minimum Gasteiger partial charge on any atom is -0.356 e. The highest BCUT2D eigenvalue weighted by molar-refractivity contribution is 5.63. The number of quaternary nitrogens is 1. The molecule has 25 heavy (non-hydrogen) atoms. The molecule has 0 aromatic heterocycles. The quantitative estimate of drug-likeness (QED) is 0.387. The normalized spacial score (nSPS) is 17.6. The van der Waals surface area contributed by atoms with E-state index in [0.29, 0.717) is 0 Å². The minimum atomic E-state index is 0.135. The van der Waals surface area contributed by atoms with Crippen LogP contribution in [0.5, 0.6) is 0 Å². The van der Waals surface area contributed by atoms with Gasteiger partial charge in [0.25, 0.3) is 0 Å². The Morgan fingerprint density at radius 1 is 1.32 bits per heavy atom. The van der Waals surface area contributed by atoms with Crippen molar-refractivity contribution in [3.05, 3.63) is 72.6 Å². The maximum atomic E-state index is 5.84. The van der Waals surface area contributed by atoms with Crippen LogP contribution in [-0.2, 0) is 0 Å². The molecule has 1 aliphatic carbocycles. The Morgan fingerprint density at radius 3 is 2.80 bits per heavy atom. The molecular formula is C20H28N5+. The Kier molecular flexibility index (Phi) is 7.69. The van der Waals surface area contributed by atoms with E-state index >= 15 is 0 Å². The summed E-state index contributed by atoms with van der Waals surface area (Å²) in [7, 11) is 3.95. The average molecular weight is 338 g/mol. The van der Waals surface area contributed by atoms with Crippen molar-refractivity contribution < 1.29 is 5.32 Å². The molecule has 0 heterocycles. The number of nitrogens with zero attached hydrogens (tertiary/aromatic N) is 2. The van der Waals surface area contributed by atoms with Gasteiger partial charge in [0.15, 0.2) is 0 Å². The summed E-state index contributed by atoms with van der Waals surface area (Å²) in [6.07, 6.45) is 17.8. The van der Waals surface area contributed by atoms with Crippen LogP contribution in [-0.4, -0.2) is 26.4 Å². The highest BCUT2D eigenvalue weighted by Gasteiger charge is 2.04. The van der Waals surface area contributed by atoms with Gasteiger partial charge in [-0.15, -0.1) is 0 Å². The molecule has 0 amide bonds. The zero-order chi connectivity index (χ0) is 17.9. The Bertz CT molecular complexity index is 668. The summed E-state index contributed by atoms with van der Waals surface area (Å²) in [5.41, 5.74) is 9.02. The molecular weight excluding hydrogens is 310 g/mol. The number of hydrazone groups is 1. The molecule has 0 radical (unpaired) electrons. The highest BCUT2D eigenvalue weighted by Crippen LogP contribution is 2.19. The molecule has 1 aromatic carbocycles. The first-order chi connectivity index (χ1) is 12.2. The standard InChI is InChI=1S/C20H27N5/c1-22-15-5-3-4-6-16-23-25(2)20-13-11-19(12-14-20)24-18-9-7-17(21)8-10-18/h3-5,7,9-17,22,24H,6,8,21H2,1-2H3/p+1/b4-3-,15-5-,23-16+. The molecule has 1 atom stereocenters. The summed E-state index contributed by atoms with van der Waals surface area (Å²) in [5, 5.41) is 11.7. The number of anilines is 2. The summed E-state index contributed by atoms with van der Waals surface area (Å²) in [6.45, 7) is 0. The van der Waals surface area contributed by atoms with Crippen LogP contribution in [0.3, 0.4) is 0 Å². The smallest absolute Gasteiger partial charge is 0.0923 e. The van der Waals surface area contributed by atoms with Gasteiger partial charge in [-0.2, -0.15) is 5.10 Å². The third kappa shape index (κ3) is 6.79. The molecule has 132 valence electrons. The fourth-order valence-corrected chi connectivity index (χ4v) is 2.29. The Morgan fingerprint density at radius 2 is 2.12 bits per heavy atom. The van der Waals surface area contributed by atoms with Gasteiger partial charge >= 0.3 is 0 Å². The van der Waals surface area contributed by atoms with Gasteiger partial charge in [0.1, 0.15) is 0 Å². The Balaban J connectivity index is 1.83. The molecule has 0 spiro atoms. The van der Waals surface area contributed by atoms with E-state index in [2.05, 4.69) is 34.7 Å². The minimum absolute atomic E-state index is 0.135. The Labute approximate surface area is 150 Å². The summed E-state index contributed by atoms with van der Waals surface area (Å²) in [6, 6.07) is 8.34. The van der Waals surface area contributed by atoms with Crippen LogP contribution in [0.2, 0.25) is 0 Å². The second-order valence-electron chi connectivity index (χ2n) is 5.79. The number of rotatable bonds is 8. The van der Waals surface area contributed by atoms with Crippen LogP contribution in [0.1, 0.15) is 12.8 Å². The fraction of sp³-hybridized carbons (Fsp3) is 0.250. The number of allylic oxidation sites excluding steroid dienone is 4. The summed E-state index contributed by atoms with van der Waals surface area (Å²) < 4.78 is 0. The first-order valence-electron chi connectivity index (χ1n) is 8.57. The van der Waals surface area contributed by atoms with E-state index in [0.717, 1.165) is 29.9 Å². The molecule has 2 rings (SSSR count). The second-order valence-corrected chi connectivity index (χ2v) is 5.79. The zero-order valence-corrected chi connectivity index (χ0v) is 15.0. The van der Waals surface area contributed by atoms with Gasteiger partial charge in [0.05, 0.1) is 18.9 Å². The highest BCUT2D eigenvalue weighted by atomic mass is 15.4. The molecule has 1 aliphatic rings. The molecule has 0 saturated carbocycles. The van der Waals surface area contributed by atoms with Crippen molar-refractivity contribution in [2.24, 2.45) is 10.8 Å². The predicted molar refractivity (Wildman–Crippen MR) is 108 cm³/mol. The van der Waals surface area contributed by atoms with Gasteiger partial charge in [-0.3, -0.25) is 5.01 Å². The van der Waals surface area contributed by atoms with Crippen molar-refractivity contribution >= 4 is 17.6 Å². The molecule has 0 bridgehead atoms. The van der Waals surface area contributed by atoms with Crippen LogP contribution in [0.25, 0.3) is 0 Å². The van der Waals surface area contributed by atoms with Gasteiger partial charge in [-0.1, -0.05) is 24.3 Å². The lowest BCUT2D eigenvalue weighted by Crippen LogP contribution is -2.72. The molecule has 0 fully saturated rings. The molecule has 5 nitrogen and oxygen atoms in total. The van der Waals surface area contributed by atoms with Gasteiger partial charge in [-0.25, -0.2) is 0 Å². The Hall–Kier alpha value is -2.63. The van der Waals surface area contributed by atoms with Crippen molar-refractivity contribution in [3.63, 3.8) is 0 Å². The van der Waals surface area contributed by atoms with E-state index in [-0.39, 0.29) is 6.04 Å². The van der Waals surface area contributed by atoms with Gasteiger partial charge in [0, 0.05) is 37.1 Å². The lowest BCUT2D eigenvalue weighted by Gasteiger charge is -2.16. The third-order valence-corrected chi connectivity index (χ3v) is 3.71. The van der Waals surface area contributed by atoms with Crippen molar-refractivity contribution in [1.82, 2.24) is 0 Å². The van der Waals surface area contributed by atoms with Crippen molar-refractivity contribution in [2.75, 3.05) is 24.4 Å². The monoisotopic (exact) mass is 338 g/mol. The lowest BCUT2D eigenvalue weighted by atomic mass is 10.1. The van der Waals surface area contributed by atoms with Crippen LogP contribution in [0.4, 0.5) is 11.4 Å². The molecule has 5 N–H and O–H groups in total. The van der Waals surface area contributed by atoms with E-state index in [1.807, 2.05) is 73.3 Å². The van der Waals surface area contributed by atoms with Crippen LogP contribution in [0.15, 0.2) is 77.7 Å². The average Bonchev–Trinajstić information content (AvgIpc) is 2.63. The molecule has 0 aliphatic heterocycles. The SMILES string of the molecule is C[NH2+]/C=C\C=C/C/C=N/N(C)c1ccc(NC2=CCC(N)C=C2)cc1. The summed E-state index contributed by atoms with van der Waals surface area (Å²) in [5.74, 6) is 0. The number of hydrogen-bond donors (Lipinski definition) is 3. The maximum Gasteiger partial charge on any atom is 0.0923 e. The maximum absolute atomic E-state index is 5.84. The van der Waals surface area contributed by atoms with E-state index < -0.39 is 0 Å². The van der Waals surface area contributed by atoms with Crippen LogP contribution >= 0.6 is 0 Å². The van der Waals surface area contributed by atoms with Gasteiger partial charge in [0.2, 0.25) is 0 Å². The van der Waals surface area contributed by atoms with E-state index in [1.54, 1.807) is 0 Å². The number of benzene rings is 1. The summed E-state index contributed by atoms with van der Waals surface area (Å²) >= 11 is 0. The van der Waals surface area contributed by atoms with Crippen molar-refractivity contribution in [3.8, 4) is 0 Å². The molecule has 1 unspecified atom stereocenters. The molecule has 5 heteroatoms. The van der Waals surface area contributed by atoms with Crippen molar-refractivity contribution in [2.45, 2.75) is 18.9 Å². The zero-order valence-electron chi connectivity index (χ0n) is 15.0. The number of nitrogens with two attached hydrogens (primary N) is 2. The molecule has 0 saturated heterocycles. The largest absolute Gasteiger partial charge is 0.356 e. The predicted octanol–water partition coefficient (Wildman–Crippen LogP) is 2.34. The van der Waals surface area contributed by atoms with Crippen LogP contribution in [0, 0.1) is 0 Å². The first kappa shape index (κ1) is 18.7.